The third kappa shape index (κ3) is 2.05. The summed E-state index contributed by atoms with van der Waals surface area (Å²) in [7, 11) is 0. The third-order valence-electron chi connectivity index (χ3n) is 4.10. The van der Waals surface area contributed by atoms with E-state index in [-0.39, 0.29) is 5.91 Å². The molecule has 0 aliphatic carbocycles. The average Bonchev–Trinajstić information content (AvgIpc) is 2.92. The highest BCUT2D eigenvalue weighted by Crippen LogP contribution is 2.28. The first-order valence-electron chi connectivity index (χ1n) is 6.42. The van der Waals surface area contributed by atoms with Crippen molar-refractivity contribution in [2.75, 3.05) is 26.2 Å². The molecule has 2 saturated heterocycles. The normalized spacial score (nSPS) is 26.4. The molecule has 2 atom stereocenters. The van der Waals surface area contributed by atoms with Gasteiger partial charge in [-0.3, -0.25) is 4.79 Å². The van der Waals surface area contributed by atoms with E-state index in [9.17, 15) is 4.79 Å². The van der Waals surface area contributed by atoms with Gasteiger partial charge in [0.2, 0.25) is 0 Å². The molecule has 1 amide bonds. The number of aryl methyl sites for hydroxylation is 1. The Morgan fingerprint density at radius 2 is 2.00 bits per heavy atom. The predicted octanol–water partition coefficient (Wildman–Crippen LogP) is 1.89. The quantitative estimate of drug-likeness (QED) is 0.780. The van der Waals surface area contributed by atoms with E-state index < -0.39 is 0 Å². The number of benzene rings is 1. The first kappa shape index (κ1) is 12.4. The van der Waals surface area contributed by atoms with Gasteiger partial charge in [-0.2, -0.15) is 0 Å². The summed E-state index contributed by atoms with van der Waals surface area (Å²) in [5.74, 6) is 1.53. The molecule has 1 aromatic carbocycles. The summed E-state index contributed by atoms with van der Waals surface area (Å²) in [6, 6.07) is 5.98. The molecule has 0 aromatic heterocycles. The van der Waals surface area contributed by atoms with Crippen LogP contribution in [0.15, 0.2) is 18.2 Å². The van der Waals surface area contributed by atoms with Crippen LogP contribution in [0.4, 0.5) is 0 Å². The number of likely N-dealkylation sites (tertiary alicyclic amines) is 1. The number of fused-ring (bicyclic) bond motifs is 1. The van der Waals surface area contributed by atoms with E-state index >= 15 is 0 Å². The van der Waals surface area contributed by atoms with Crippen molar-refractivity contribution in [3.63, 3.8) is 0 Å². The summed E-state index contributed by atoms with van der Waals surface area (Å²) in [6.45, 7) is 6.03. The van der Waals surface area contributed by atoms with E-state index in [0.29, 0.717) is 11.8 Å². The molecule has 1 aromatic rings. The lowest BCUT2D eigenvalue weighted by atomic mass is 10.0. The summed E-state index contributed by atoms with van der Waals surface area (Å²) >= 11 is 2.28. The van der Waals surface area contributed by atoms with Gasteiger partial charge in [0.05, 0.1) is 5.56 Å². The van der Waals surface area contributed by atoms with Crippen molar-refractivity contribution in [1.29, 1.82) is 0 Å². The molecule has 3 rings (SSSR count). The van der Waals surface area contributed by atoms with Crippen molar-refractivity contribution >= 4 is 28.5 Å². The molecule has 2 aliphatic heterocycles. The molecule has 0 radical (unpaired) electrons. The van der Waals surface area contributed by atoms with Crippen LogP contribution < -0.4 is 5.32 Å². The van der Waals surface area contributed by atoms with E-state index in [4.69, 9.17) is 0 Å². The lowest BCUT2D eigenvalue weighted by molar-refractivity contribution is 0.0780. The Bertz CT molecular complexity index is 477. The van der Waals surface area contributed by atoms with E-state index in [1.54, 1.807) is 0 Å². The van der Waals surface area contributed by atoms with Gasteiger partial charge in [-0.15, -0.1) is 0 Å². The number of carbonyl (C=O) groups excluding carboxylic acids is 1. The molecule has 4 heteroatoms. The number of nitrogens with zero attached hydrogens (tertiary/aromatic N) is 1. The Hall–Kier alpha value is -0.620. The molecule has 2 heterocycles. The van der Waals surface area contributed by atoms with E-state index in [1.807, 2.05) is 17.0 Å². The van der Waals surface area contributed by atoms with Crippen LogP contribution in [-0.2, 0) is 0 Å². The number of halogens is 1. The maximum absolute atomic E-state index is 12.6. The SMILES string of the molecule is Cc1cccc(C(=O)N2CC3CNCC3C2)c1I. The number of amides is 1. The number of hydrogen-bond acceptors (Lipinski definition) is 2. The van der Waals surface area contributed by atoms with Crippen molar-refractivity contribution in [2.45, 2.75) is 6.92 Å². The smallest absolute Gasteiger partial charge is 0.254 e. The number of rotatable bonds is 1. The van der Waals surface area contributed by atoms with Gasteiger partial charge in [-0.25, -0.2) is 0 Å². The van der Waals surface area contributed by atoms with Crippen LogP contribution >= 0.6 is 22.6 Å². The fraction of sp³-hybridized carbons (Fsp3) is 0.500. The molecular weight excluding hydrogens is 339 g/mol. The number of nitrogens with one attached hydrogen (secondary N) is 1. The lowest BCUT2D eigenvalue weighted by Crippen LogP contribution is -2.32. The summed E-state index contributed by atoms with van der Waals surface area (Å²) < 4.78 is 1.09. The van der Waals surface area contributed by atoms with E-state index in [2.05, 4.69) is 40.9 Å². The highest BCUT2D eigenvalue weighted by Gasteiger charge is 2.38. The summed E-state index contributed by atoms with van der Waals surface area (Å²) in [6.07, 6.45) is 0. The zero-order chi connectivity index (χ0) is 12.7. The zero-order valence-corrected chi connectivity index (χ0v) is 12.6. The van der Waals surface area contributed by atoms with Gasteiger partial charge < -0.3 is 10.2 Å². The largest absolute Gasteiger partial charge is 0.338 e. The third-order valence-corrected chi connectivity index (χ3v) is 5.53. The number of hydrogen-bond donors (Lipinski definition) is 1. The van der Waals surface area contributed by atoms with Crippen LogP contribution in [0.3, 0.4) is 0 Å². The lowest BCUT2D eigenvalue weighted by Gasteiger charge is -2.18. The number of carbonyl (C=O) groups is 1. The van der Waals surface area contributed by atoms with E-state index in [1.165, 1.54) is 5.56 Å². The average molecular weight is 356 g/mol. The van der Waals surface area contributed by atoms with Crippen molar-refractivity contribution in [1.82, 2.24) is 10.2 Å². The summed E-state index contributed by atoms with van der Waals surface area (Å²) in [5.41, 5.74) is 2.05. The zero-order valence-electron chi connectivity index (χ0n) is 10.4. The minimum Gasteiger partial charge on any atom is -0.338 e. The second-order valence-electron chi connectivity index (χ2n) is 5.32. The molecule has 3 nitrogen and oxygen atoms in total. The maximum Gasteiger partial charge on any atom is 0.254 e. The highest BCUT2D eigenvalue weighted by molar-refractivity contribution is 14.1. The van der Waals surface area contributed by atoms with Crippen molar-refractivity contribution in [3.8, 4) is 0 Å². The van der Waals surface area contributed by atoms with Gasteiger partial charge in [0.1, 0.15) is 0 Å². The van der Waals surface area contributed by atoms with Crippen molar-refractivity contribution < 1.29 is 4.79 Å². The molecule has 2 fully saturated rings. The molecule has 0 saturated carbocycles. The first-order valence-corrected chi connectivity index (χ1v) is 7.50. The Labute approximate surface area is 121 Å². The Balaban J connectivity index is 1.81. The predicted molar refractivity (Wildman–Crippen MR) is 79.6 cm³/mol. The van der Waals surface area contributed by atoms with Crippen LogP contribution in [0.5, 0.6) is 0 Å². The fourth-order valence-corrected chi connectivity index (χ4v) is 3.59. The summed E-state index contributed by atoms with van der Waals surface area (Å²) in [4.78, 5) is 14.6. The topological polar surface area (TPSA) is 32.3 Å². The Kier molecular flexibility index (Phi) is 3.32. The second kappa shape index (κ2) is 4.81. The standard InChI is InChI=1S/C14H17IN2O/c1-9-3-2-4-12(13(9)15)14(18)17-7-10-5-16-6-11(10)8-17/h2-4,10-11,16H,5-8H2,1H3. The first-order chi connectivity index (χ1) is 8.66. The van der Waals surface area contributed by atoms with Gasteiger partial charge in [-0.1, -0.05) is 12.1 Å². The van der Waals surface area contributed by atoms with Crippen molar-refractivity contribution in [3.05, 3.63) is 32.9 Å². The van der Waals surface area contributed by atoms with Crippen LogP contribution in [0, 0.1) is 22.3 Å². The van der Waals surface area contributed by atoms with E-state index in [0.717, 1.165) is 35.3 Å². The van der Waals surface area contributed by atoms with Gasteiger partial charge in [0.15, 0.2) is 0 Å². The summed E-state index contributed by atoms with van der Waals surface area (Å²) in [5, 5.41) is 3.40. The van der Waals surface area contributed by atoms with Gasteiger partial charge >= 0.3 is 0 Å². The Morgan fingerprint density at radius 1 is 1.33 bits per heavy atom. The van der Waals surface area contributed by atoms with Crippen LogP contribution in [-0.4, -0.2) is 37.0 Å². The molecule has 0 bridgehead atoms. The highest BCUT2D eigenvalue weighted by atomic mass is 127. The minimum absolute atomic E-state index is 0.206. The minimum atomic E-state index is 0.206. The van der Waals surface area contributed by atoms with Gasteiger partial charge in [0, 0.05) is 29.7 Å². The second-order valence-corrected chi connectivity index (χ2v) is 6.40. The van der Waals surface area contributed by atoms with Crippen LogP contribution in [0.2, 0.25) is 0 Å². The molecular formula is C14H17IN2O. The Morgan fingerprint density at radius 3 is 2.67 bits per heavy atom. The van der Waals surface area contributed by atoms with Crippen LogP contribution in [0.25, 0.3) is 0 Å². The molecule has 18 heavy (non-hydrogen) atoms. The van der Waals surface area contributed by atoms with Gasteiger partial charge in [-0.05, 0) is 53.0 Å². The molecule has 1 N–H and O–H groups in total. The fourth-order valence-electron chi connectivity index (χ4n) is 3.00. The molecule has 0 spiro atoms. The van der Waals surface area contributed by atoms with Crippen molar-refractivity contribution in [2.24, 2.45) is 11.8 Å². The molecule has 96 valence electrons. The maximum atomic E-state index is 12.6. The molecule has 2 unspecified atom stereocenters. The van der Waals surface area contributed by atoms with Crippen LogP contribution in [0.1, 0.15) is 15.9 Å². The monoisotopic (exact) mass is 356 g/mol. The van der Waals surface area contributed by atoms with Gasteiger partial charge in [0.25, 0.3) is 5.91 Å². The molecule has 2 aliphatic rings.